The van der Waals surface area contributed by atoms with E-state index in [9.17, 15) is 0 Å². The van der Waals surface area contributed by atoms with Crippen LogP contribution in [0.3, 0.4) is 0 Å². The molecule has 6 aromatic carbocycles. The van der Waals surface area contributed by atoms with E-state index in [1.54, 1.807) is 0 Å². The minimum Gasteiger partial charge on any atom is -1.00 e. The van der Waals surface area contributed by atoms with Gasteiger partial charge in [-0.25, -0.2) is 14.1 Å². The van der Waals surface area contributed by atoms with Crippen molar-refractivity contribution in [2.45, 2.75) is 6.42 Å². The number of aryl methyl sites for hydroxylation is 3. The second-order valence-corrected chi connectivity index (χ2v) is 11.9. The summed E-state index contributed by atoms with van der Waals surface area (Å²) in [6.07, 6.45) is 0.959. The number of alkyl halides is 1. The average Bonchev–Trinajstić information content (AvgIpc) is 3.86. The van der Waals surface area contributed by atoms with E-state index >= 15 is 0 Å². The summed E-state index contributed by atoms with van der Waals surface area (Å²) in [6.45, 7) is 0. The van der Waals surface area contributed by atoms with Gasteiger partial charge in [-0.05, 0) is 58.5 Å². The van der Waals surface area contributed by atoms with E-state index < -0.39 is 0 Å². The number of hydrogen-bond acceptors (Lipinski definition) is 2. The molecule has 259 valence electrons. The van der Waals surface area contributed by atoms with Crippen LogP contribution in [0.4, 0.5) is 5.69 Å². The topological polar surface area (TPSA) is 39.0 Å². The number of fused-ring (bicyclic) bond motifs is 3. The first-order valence-electron chi connectivity index (χ1n) is 16.6. The predicted octanol–water partition coefficient (Wildman–Crippen LogP) is 6.95. The zero-order chi connectivity index (χ0) is 34.9. The molecule has 1 aliphatic heterocycles. The highest BCUT2D eigenvalue weighted by atomic mass is 127. The van der Waals surface area contributed by atoms with Crippen LogP contribution < -0.4 is 28.5 Å². The second kappa shape index (κ2) is 19.3. The number of nitrogens with zero attached hydrogens (tertiary/aromatic N) is 5. The molecule has 0 aliphatic carbocycles. The van der Waals surface area contributed by atoms with Crippen LogP contribution in [-0.4, -0.2) is 33.2 Å². The third kappa shape index (κ3) is 8.90. The highest BCUT2D eigenvalue weighted by Crippen LogP contribution is 2.28. The first kappa shape index (κ1) is 40.2. The lowest BCUT2D eigenvalue weighted by molar-refractivity contribution is -0.634. The molecule has 0 saturated heterocycles. The Morgan fingerprint density at radius 1 is 0.558 bits per heavy atom. The molecule has 52 heavy (non-hydrogen) atoms. The lowest BCUT2D eigenvalue weighted by atomic mass is 10.0. The Hall–Kier alpha value is -4.55. The highest BCUT2D eigenvalue weighted by molar-refractivity contribution is 14.1. The Morgan fingerprint density at radius 3 is 1.65 bits per heavy atom. The lowest BCUT2D eigenvalue weighted by Crippen LogP contribution is -3.00. The molecule has 0 atom stereocenters. The molecule has 3 radical (unpaired) electrons. The monoisotopic (exact) mass is 904 g/mol. The van der Waals surface area contributed by atoms with E-state index in [2.05, 4.69) is 177 Å². The lowest BCUT2D eigenvalue weighted by Gasteiger charge is -2.01. The maximum Gasteiger partial charge on any atom is 0.289 e. The van der Waals surface area contributed by atoms with Gasteiger partial charge in [0, 0.05) is 27.4 Å². The molecule has 0 unspecified atom stereocenters. The van der Waals surface area contributed by atoms with Gasteiger partial charge in [0.15, 0.2) is 11.0 Å². The maximum atomic E-state index is 4.65. The number of hydrogen-bond donors (Lipinski definition) is 0. The molecule has 5 nitrogen and oxygen atoms in total. The molecule has 2 aromatic heterocycles. The van der Waals surface area contributed by atoms with Gasteiger partial charge in [0.25, 0.3) is 5.82 Å². The molecule has 8 heteroatoms. The summed E-state index contributed by atoms with van der Waals surface area (Å²) in [7, 11) is 6.28. The number of para-hydroxylation sites is 5. The quantitative estimate of drug-likeness (QED) is 0.0820. The van der Waals surface area contributed by atoms with E-state index in [0.29, 0.717) is 0 Å². The van der Waals surface area contributed by atoms with E-state index in [1.807, 2.05) is 59.5 Å². The van der Waals surface area contributed by atoms with Crippen molar-refractivity contribution in [2.24, 2.45) is 26.1 Å². The number of rotatable bonds is 3. The largest absolute Gasteiger partial charge is 1.00 e. The summed E-state index contributed by atoms with van der Waals surface area (Å²) in [5.41, 5.74) is 12.0. The number of benzene rings is 6. The van der Waals surface area contributed by atoms with Crippen LogP contribution in [0.5, 0.6) is 0 Å². The van der Waals surface area contributed by atoms with Gasteiger partial charge < -0.3 is 28.5 Å². The molecule has 1 aliphatic rings. The fourth-order valence-corrected chi connectivity index (χ4v) is 6.38. The van der Waals surface area contributed by atoms with E-state index in [-0.39, 0.29) is 32.4 Å². The van der Waals surface area contributed by atoms with E-state index in [4.69, 9.17) is 0 Å². The standard InChI is InChI=1S/C15H15N2.C14H12N2.C14H11N.CH3I.B.HI/c1-16-13-10-6-7-11-14(13)17(2)15(16)12-8-4-3-5-9-12;1-16-13-10-6-5-9-12(13)15-14(16)11-7-3-2-4-8-11;1-2-6-11(7-3-1)14-10-12-8-4-5-9-13(12)15-14;1-2;;/h3-11H,1-2H3;2-10H,1H3;1-9H,10H2;1H3;;1H/q+1;;;;;/p-1. The first-order valence-corrected chi connectivity index (χ1v) is 18.8. The van der Waals surface area contributed by atoms with Gasteiger partial charge in [0.05, 0.1) is 42.1 Å². The van der Waals surface area contributed by atoms with Crippen LogP contribution >= 0.6 is 22.6 Å². The molecule has 0 saturated carbocycles. The molecule has 0 fully saturated rings. The summed E-state index contributed by atoms with van der Waals surface area (Å²) in [6, 6.07) is 56.1. The van der Waals surface area contributed by atoms with Gasteiger partial charge >= 0.3 is 0 Å². The maximum absolute atomic E-state index is 4.65. The van der Waals surface area contributed by atoms with Gasteiger partial charge in [-0.3, -0.25) is 4.99 Å². The Morgan fingerprint density at radius 2 is 1.06 bits per heavy atom. The van der Waals surface area contributed by atoms with Crippen LogP contribution in [0, 0.1) is 0 Å². The van der Waals surface area contributed by atoms with Crippen molar-refractivity contribution in [1.82, 2.24) is 14.1 Å². The van der Waals surface area contributed by atoms with Crippen LogP contribution in [-0.2, 0) is 27.6 Å². The second-order valence-electron chi connectivity index (χ2n) is 11.9. The first-order chi connectivity index (χ1) is 24.6. The molecule has 0 spiro atoms. The third-order valence-electron chi connectivity index (χ3n) is 8.80. The van der Waals surface area contributed by atoms with Crippen LogP contribution in [0.1, 0.15) is 11.1 Å². The van der Waals surface area contributed by atoms with Crippen molar-refractivity contribution in [3.8, 4) is 22.8 Å². The fraction of sp³-hybridized carbons (Fsp3) is 0.114. The van der Waals surface area contributed by atoms with Crippen molar-refractivity contribution in [1.29, 1.82) is 0 Å². The molecular formula is C44H41BI2N5. The minimum atomic E-state index is 0. The van der Waals surface area contributed by atoms with Crippen molar-refractivity contribution < 1.29 is 28.5 Å². The predicted molar refractivity (Wildman–Crippen MR) is 224 cm³/mol. The molecular weight excluding hydrogens is 863 g/mol. The zero-order valence-electron chi connectivity index (χ0n) is 29.9. The number of aliphatic imine (C=N–C) groups is 1. The number of imidazole rings is 2. The molecule has 8 aromatic rings. The SMILES string of the molecule is CI.Cn1c(-c2ccccc2)[n+](C)c2ccccc21.Cn1c(-c2ccccc2)nc2ccccc21.[B].[I-].c1ccc(C2=Nc3ccccc3C2)cc1. The third-order valence-corrected chi connectivity index (χ3v) is 8.80. The normalized spacial score (nSPS) is 10.9. The van der Waals surface area contributed by atoms with E-state index in [0.717, 1.165) is 29.0 Å². The Balaban J connectivity index is 0.000000167. The molecule has 0 bridgehead atoms. The fourth-order valence-electron chi connectivity index (χ4n) is 6.38. The summed E-state index contributed by atoms with van der Waals surface area (Å²) in [5.74, 6) is 2.24. The summed E-state index contributed by atoms with van der Waals surface area (Å²) >= 11 is 2.15. The van der Waals surface area contributed by atoms with Gasteiger partial charge in [0.2, 0.25) is 0 Å². The van der Waals surface area contributed by atoms with Crippen LogP contribution in [0.25, 0.3) is 44.8 Å². The summed E-state index contributed by atoms with van der Waals surface area (Å²) < 4.78 is 6.61. The Labute approximate surface area is 339 Å². The van der Waals surface area contributed by atoms with Crippen molar-refractivity contribution >= 4 is 64.5 Å². The van der Waals surface area contributed by atoms with Gasteiger partial charge in [0.1, 0.15) is 5.82 Å². The van der Waals surface area contributed by atoms with Crippen molar-refractivity contribution in [2.75, 3.05) is 4.93 Å². The summed E-state index contributed by atoms with van der Waals surface area (Å²) in [4.78, 5) is 11.3. The number of halogens is 2. The minimum absolute atomic E-state index is 0. The summed E-state index contributed by atoms with van der Waals surface area (Å²) in [5, 5.41) is 0. The Bertz CT molecular complexity index is 2310. The number of aromatic nitrogens is 4. The highest BCUT2D eigenvalue weighted by Gasteiger charge is 2.20. The van der Waals surface area contributed by atoms with Crippen molar-refractivity contribution in [3.63, 3.8) is 0 Å². The molecule has 0 N–H and O–H groups in total. The van der Waals surface area contributed by atoms with Crippen LogP contribution in [0.2, 0.25) is 0 Å². The average molecular weight is 904 g/mol. The molecule has 0 amide bonds. The van der Waals surface area contributed by atoms with E-state index in [1.165, 1.54) is 44.8 Å². The van der Waals surface area contributed by atoms with Gasteiger partial charge in [-0.1, -0.05) is 144 Å². The molecule has 9 rings (SSSR count). The molecule has 3 heterocycles. The van der Waals surface area contributed by atoms with Crippen molar-refractivity contribution in [3.05, 3.63) is 175 Å². The van der Waals surface area contributed by atoms with Gasteiger partial charge in [-0.15, -0.1) is 0 Å². The zero-order valence-corrected chi connectivity index (χ0v) is 34.2. The Kier molecular flexibility index (Phi) is 15.0. The van der Waals surface area contributed by atoms with Gasteiger partial charge in [-0.2, -0.15) is 0 Å². The van der Waals surface area contributed by atoms with Crippen LogP contribution in [0.15, 0.2) is 169 Å². The smallest absolute Gasteiger partial charge is 0.289 e.